The Hall–Kier alpha value is -2.57. The Bertz CT molecular complexity index is 1190. The molecule has 3 aromatic carbocycles. The summed E-state index contributed by atoms with van der Waals surface area (Å²) in [5.41, 5.74) is 3.18. The molecule has 8 heteroatoms. The van der Waals surface area contributed by atoms with E-state index in [2.05, 4.69) is 39.5 Å². The second-order valence-corrected chi connectivity index (χ2v) is 9.08. The normalized spacial score (nSPS) is 10.8. The number of anilines is 1. The largest absolute Gasteiger partial charge is 0.340 e. The molecule has 0 spiro atoms. The molecule has 4 nitrogen and oxygen atoms in total. The minimum absolute atomic E-state index is 0.328. The maximum atomic E-state index is 6.39. The first-order chi connectivity index (χ1) is 16.0. The molecule has 1 N–H and O–H groups in total. The minimum Gasteiger partial charge on any atom is -0.340 e. The maximum absolute atomic E-state index is 6.39. The van der Waals surface area contributed by atoms with Crippen molar-refractivity contribution in [2.24, 2.45) is 0 Å². The molecule has 0 aliphatic carbocycles. The van der Waals surface area contributed by atoms with E-state index in [9.17, 15) is 0 Å². The first-order valence-corrected chi connectivity index (χ1v) is 11.8. The zero-order valence-corrected chi connectivity index (χ0v) is 20.7. The van der Waals surface area contributed by atoms with E-state index in [1.165, 1.54) is 0 Å². The lowest BCUT2D eigenvalue weighted by Crippen LogP contribution is -2.34. The molecule has 4 aromatic rings. The molecule has 0 atom stereocenters. The first kappa shape index (κ1) is 23.6. The van der Waals surface area contributed by atoms with E-state index >= 15 is 0 Å². The standard InChI is InChI=1S/C25H21Cl3N4S/c26-21-11-12-22(27)20(13-21)16-31-17-23(29-24(31)28)30-25(33)32(14-18-7-3-1-4-8-18)15-19-9-5-2-6-10-19/h1-13,17H,14-16H2,(H,30,33). The van der Waals surface area contributed by atoms with Gasteiger partial charge in [0.15, 0.2) is 10.9 Å². The van der Waals surface area contributed by atoms with Crippen molar-refractivity contribution in [1.29, 1.82) is 0 Å². The van der Waals surface area contributed by atoms with Gasteiger partial charge in [0.05, 0.1) is 6.54 Å². The first-order valence-electron chi connectivity index (χ1n) is 10.3. The monoisotopic (exact) mass is 514 g/mol. The second kappa shape index (κ2) is 11.0. The van der Waals surface area contributed by atoms with Crippen LogP contribution in [0, 0.1) is 0 Å². The van der Waals surface area contributed by atoms with E-state index < -0.39 is 0 Å². The number of nitrogens with zero attached hydrogens (tertiary/aromatic N) is 3. The summed E-state index contributed by atoms with van der Waals surface area (Å²) in [7, 11) is 0. The van der Waals surface area contributed by atoms with Crippen LogP contribution < -0.4 is 5.32 Å². The molecule has 4 rings (SSSR count). The predicted octanol–water partition coefficient (Wildman–Crippen LogP) is 7.29. The van der Waals surface area contributed by atoms with E-state index in [1.807, 2.05) is 48.7 Å². The number of imidazole rings is 1. The van der Waals surface area contributed by atoms with Gasteiger partial charge in [0.2, 0.25) is 5.28 Å². The maximum Gasteiger partial charge on any atom is 0.205 e. The third-order valence-electron chi connectivity index (χ3n) is 5.03. The van der Waals surface area contributed by atoms with Crippen LogP contribution >= 0.6 is 47.0 Å². The average molecular weight is 516 g/mol. The molecular formula is C25H21Cl3N4S. The summed E-state index contributed by atoms with van der Waals surface area (Å²) in [4.78, 5) is 6.52. The molecule has 0 bridgehead atoms. The van der Waals surface area contributed by atoms with Crippen molar-refractivity contribution in [3.8, 4) is 0 Å². The van der Waals surface area contributed by atoms with E-state index in [0.717, 1.165) is 16.7 Å². The van der Waals surface area contributed by atoms with Gasteiger partial charge in [-0.2, -0.15) is 0 Å². The highest BCUT2D eigenvalue weighted by Crippen LogP contribution is 2.24. The van der Waals surface area contributed by atoms with Crippen molar-refractivity contribution in [3.63, 3.8) is 0 Å². The molecule has 0 aliphatic rings. The zero-order valence-electron chi connectivity index (χ0n) is 17.6. The fourth-order valence-electron chi connectivity index (χ4n) is 3.41. The van der Waals surface area contributed by atoms with E-state index in [-0.39, 0.29) is 0 Å². The van der Waals surface area contributed by atoms with Gasteiger partial charge in [-0.15, -0.1) is 0 Å². The van der Waals surface area contributed by atoms with Gasteiger partial charge in [0.25, 0.3) is 0 Å². The number of benzene rings is 3. The van der Waals surface area contributed by atoms with Crippen LogP contribution in [0.1, 0.15) is 16.7 Å². The summed E-state index contributed by atoms with van der Waals surface area (Å²) in [6.07, 6.45) is 1.81. The van der Waals surface area contributed by atoms with Gasteiger partial charge >= 0.3 is 0 Å². The number of halogens is 3. The van der Waals surface area contributed by atoms with Crippen LogP contribution in [0.5, 0.6) is 0 Å². The van der Waals surface area contributed by atoms with Crippen molar-refractivity contribution in [3.05, 3.63) is 117 Å². The van der Waals surface area contributed by atoms with Crippen LogP contribution in [0.25, 0.3) is 0 Å². The van der Waals surface area contributed by atoms with Crippen molar-refractivity contribution in [2.45, 2.75) is 19.6 Å². The van der Waals surface area contributed by atoms with Crippen LogP contribution in [-0.4, -0.2) is 19.6 Å². The van der Waals surface area contributed by atoms with Gasteiger partial charge in [-0.3, -0.25) is 0 Å². The smallest absolute Gasteiger partial charge is 0.205 e. The number of nitrogens with one attached hydrogen (secondary N) is 1. The number of rotatable bonds is 7. The van der Waals surface area contributed by atoms with Gasteiger partial charge in [0, 0.05) is 29.3 Å². The van der Waals surface area contributed by atoms with Crippen molar-refractivity contribution < 1.29 is 0 Å². The van der Waals surface area contributed by atoms with Gasteiger partial charge in [-0.1, -0.05) is 83.9 Å². The number of hydrogen-bond acceptors (Lipinski definition) is 2. The number of thiocarbonyl (C=S) groups is 1. The van der Waals surface area contributed by atoms with Gasteiger partial charge in [-0.05, 0) is 58.7 Å². The van der Waals surface area contributed by atoms with Crippen molar-refractivity contribution >= 4 is 58.0 Å². The van der Waals surface area contributed by atoms with E-state index in [1.54, 1.807) is 16.7 Å². The topological polar surface area (TPSA) is 33.1 Å². The highest BCUT2D eigenvalue weighted by molar-refractivity contribution is 7.80. The Morgan fingerprint density at radius 3 is 2.09 bits per heavy atom. The Kier molecular flexibility index (Phi) is 7.89. The summed E-state index contributed by atoms with van der Waals surface area (Å²) in [6.45, 7) is 1.76. The number of hydrogen-bond donors (Lipinski definition) is 1. The highest BCUT2D eigenvalue weighted by Gasteiger charge is 2.15. The zero-order chi connectivity index (χ0) is 23.2. The summed E-state index contributed by atoms with van der Waals surface area (Å²) >= 11 is 24.6. The lowest BCUT2D eigenvalue weighted by atomic mass is 10.2. The molecule has 168 valence electrons. The second-order valence-electron chi connectivity index (χ2n) is 7.52. The van der Waals surface area contributed by atoms with Gasteiger partial charge in [0.1, 0.15) is 0 Å². The average Bonchev–Trinajstić information content (AvgIpc) is 3.15. The predicted molar refractivity (Wildman–Crippen MR) is 141 cm³/mol. The van der Waals surface area contributed by atoms with Crippen molar-refractivity contribution in [2.75, 3.05) is 5.32 Å². The fraction of sp³-hybridized carbons (Fsp3) is 0.120. The van der Waals surface area contributed by atoms with Crippen molar-refractivity contribution in [1.82, 2.24) is 14.5 Å². The van der Waals surface area contributed by atoms with Crippen LogP contribution in [-0.2, 0) is 19.6 Å². The summed E-state index contributed by atoms with van der Waals surface area (Å²) in [6, 6.07) is 25.8. The molecule has 33 heavy (non-hydrogen) atoms. The Morgan fingerprint density at radius 1 is 0.879 bits per heavy atom. The van der Waals surface area contributed by atoms with Crippen LogP contribution in [0.3, 0.4) is 0 Å². The summed E-state index contributed by atoms with van der Waals surface area (Å²) < 4.78 is 1.79. The third-order valence-corrected chi connectivity index (χ3v) is 6.30. The molecule has 0 radical (unpaired) electrons. The Morgan fingerprint density at radius 2 is 1.48 bits per heavy atom. The fourth-order valence-corrected chi connectivity index (χ4v) is 4.21. The van der Waals surface area contributed by atoms with E-state index in [4.69, 9.17) is 47.0 Å². The minimum atomic E-state index is 0.328. The molecule has 0 saturated carbocycles. The lowest BCUT2D eigenvalue weighted by Gasteiger charge is -2.25. The van der Waals surface area contributed by atoms with Crippen LogP contribution in [0.2, 0.25) is 15.3 Å². The molecule has 0 fully saturated rings. The third kappa shape index (κ3) is 6.49. The van der Waals surface area contributed by atoms with Gasteiger partial charge in [-0.25, -0.2) is 4.98 Å². The quantitative estimate of drug-likeness (QED) is 0.262. The molecule has 0 amide bonds. The highest BCUT2D eigenvalue weighted by atomic mass is 35.5. The molecule has 1 heterocycles. The Labute approximate surface area is 213 Å². The lowest BCUT2D eigenvalue weighted by molar-refractivity contribution is 0.413. The molecule has 1 aromatic heterocycles. The summed E-state index contributed by atoms with van der Waals surface area (Å²) in [5, 5.41) is 5.36. The Balaban J connectivity index is 1.51. The molecule has 0 saturated heterocycles. The summed E-state index contributed by atoms with van der Waals surface area (Å²) in [5.74, 6) is 0.564. The molecule has 0 aliphatic heterocycles. The van der Waals surface area contributed by atoms with Gasteiger partial charge < -0.3 is 14.8 Å². The SMILES string of the molecule is S=C(Nc1cn(Cc2cc(Cl)ccc2Cl)c(Cl)n1)N(Cc1ccccc1)Cc1ccccc1. The van der Waals surface area contributed by atoms with Crippen LogP contribution in [0.15, 0.2) is 85.1 Å². The number of aromatic nitrogens is 2. The van der Waals surface area contributed by atoms with Crippen LogP contribution in [0.4, 0.5) is 5.82 Å². The van der Waals surface area contributed by atoms with E-state index in [0.29, 0.717) is 45.9 Å². The molecule has 0 unspecified atom stereocenters. The molecular weight excluding hydrogens is 495 g/mol.